The van der Waals surface area contributed by atoms with Gasteiger partial charge in [0.2, 0.25) is 0 Å². The fraction of sp³-hybridized carbons (Fsp3) is 0.0244. The van der Waals surface area contributed by atoms with Crippen LogP contribution in [-0.2, 0) is 12.4 Å². The van der Waals surface area contributed by atoms with Crippen molar-refractivity contribution in [3.8, 4) is 113 Å². The van der Waals surface area contributed by atoms with E-state index in [4.69, 9.17) is 19.9 Å². The first-order valence-electron chi connectivity index (χ1n) is 30.6. The molecule has 6 nitrogen and oxygen atoms in total. The Bertz CT molecular complexity index is 5310. The van der Waals surface area contributed by atoms with Crippen LogP contribution in [0.15, 0.2) is 303 Å². The van der Waals surface area contributed by atoms with E-state index in [9.17, 15) is 0 Å². The van der Waals surface area contributed by atoms with Crippen molar-refractivity contribution in [1.82, 2.24) is 29.1 Å². The van der Waals surface area contributed by atoms with Gasteiger partial charge in [-0.1, -0.05) is 182 Å². The second-order valence-corrected chi connectivity index (χ2v) is 23.2. The van der Waals surface area contributed by atoms with E-state index in [-0.39, 0.29) is 22.5 Å². The highest BCUT2D eigenvalue weighted by Gasteiger charge is 2.38. The lowest BCUT2D eigenvalue weighted by Gasteiger charge is -2.22. The fourth-order valence-electron chi connectivity index (χ4n) is 12.9. The largest absolute Gasteiger partial charge is 0.418 e. The molecule has 94 heavy (non-hydrogen) atoms. The molecule has 0 spiro atoms. The molecule has 0 saturated heterocycles. The highest BCUT2D eigenvalue weighted by atomic mass is 19.4. The minimum absolute atomic E-state index is 0.00313. The summed E-state index contributed by atoms with van der Waals surface area (Å²) < 4.78 is 99.5. The average Bonchev–Trinajstić information content (AvgIpc) is 1.54. The summed E-state index contributed by atoms with van der Waals surface area (Å²) >= 11 is 0. The molecular weight excluding hydrogens is 1180 g/mol. The highest BCUT2D eigenvalue weighted by Crippen LogP contribution is 2.48. The Labute approximate surface area is 535 Å². The number of fused-ring (bicyclic) bond motifs is 6. The molecular formula is C82H50F6N6. The van der Waals surface area contributed by atoms with Gasteiger partial charge in [-0.15, -0.1) is 0 Å². The molecule has 450 valence electrons. The van der Waals surface area contributed by atoms with Gasteiger partial charge in [-0.2, -0.15) is 26.3 Å². The van der Waals surface area contributed by atoms with Gasteiger partial charge in [-0.05, 0) is 127 Å². The molecule has 0 unspecified atom stereocenters. The molecule has 0 amide bonds. The number of alkyl halides is 6. The lowest BCUT2D eigenvalue weighted by molar-refractivity contribution is -0.138. The number of nitrogens with zero attached hydrogens (tertiary/aromatic N) is 6. The van der Waals surface area contributed by atoms with Crippen LogP contribution in [0.25, 0.3) is 156 Å². The summed E-state index contributed by atoms with van der Waals surface area (Å²) in [6, 6.07) is 92.1. The molecule has 0 fully saturated rings. The number of pyridine rings is 4. The first kappa shape index (κ1) is 57.2. The van der Waals surface area contributed by atoms with Gasteiger partial charge in [-0.25, -0.2) is 19.9 Å². The third-order valence-electron chi connectivity index (χ3n) is 17.4. The molecule has 0 aliphatic heterocycles. The third kappa shape index (κ3) is 10.5. The van der Waals surface area contributed by atoms with Crippen molar-refractivity contribution in [1.29, 1.82) is 0 Å². The van der Waals surface area contributed by atoms with Gasteiger partial charge in [0.15, 0.2) is 0 Å². The van der Waals surface area contributed by atoms with Crippen molar-refractivity contribution >= 4 is 43.6 Å². The second kappa shape index (κ2) is 23.0. The van der Waals surface area contributed by atoms with Gasteiger partial charge in [0.1, 0.15) is 0 Å². The van der Waals surface area contributed by atoms with E-state index in [0.29, 0.717) is 77.5 Å². The maximum atomic E-state index is 17.0. The van der Waals surface area contributed by atoms with E-state index in [1.54, 1.807) is 21.3 Å². The van der Waals surface area contributed by atoms with Crippen LogP contribution in [0.2, 0.25) is 0 Å². The molecule has 6 aromatic heterocycles. The first-order chi connectivity index (χ1) is 45.8. The fourth-order valence-corrected chi connectivity index (χ4v) is 12.9. The second-order valence-electron chi connectivity index (χ2n) is 23.2. The molecule has 0 atom stereocenters. The summed E-state index contributed by atoms with van der Waals surface area (Å²) in [5, 5.41) is 2.55. The van der Waals surface area contributed by atoms with Gasteiger partial charge in [0.25, 0.3) is 0 Å². The van der Waals surface area contributed by atoms with Crippen LogP contribution in [0, 0.1) is 0 Å². The number of benzene rings is 10. The Hall–Kier alpha value is -12.0. The molecule has 16 rings (SSSR count). The molecule has 0 aliphatic carbocycles. The molecule has 16 aromatic rings. The van der Waals surface area contributed by atoms with E-state index >= 15 is 26.3 Å². The average molecular weight is 1230 g/mol. The molecule has 0 aliphatic rings. The molecule has 0 saturated carbocycles. The minimum atomic E-state index is -5.03. The van der Waals surface area contributed by atoms with Crippen LogP contribution in [0.1, 0.15) is 11.1 Å². The zero-order valence-electron chi connectivity index (χ0n) is 49.8. The van der Waals surface area contributed by atoms with E-state index in [0.717, 1.165) is 74.4 Å². The first-order valence-corrected chi connectivity index (χ1v) is 30.6. The van der Waals surface area contributed by atoms with E-state index in [2.05, 4.69) is 0 Å². The molecule has 0 radical (unpaired) electrons. The third-order valence-corrected chi connectivity index (χ3v) is 17.4. The van der Waals surface area contributed by atoms with Gasteiger partial charge in [0.05, 0.1) is 90.1 Å². The van der Waals surface area contributed by atoms with Gasteiger partial charge < -0.3 is 9.13 Å². The number of rotatable bonds is 11. The van der Waals surface area contributed by atoms with Crippen molar-refractivity contribution in [2.24, 2.45) is 0 Å². The standard InChI is InChI=1S/C82H50F6N6/c83-81(84,85)60-27-13-26-55(44-60)61-49-80(94-77-42-38-58(73-34-16-30-69(91-73)53-22-9-3-10-23-53)47-64(77)65-48-59(39-43-78(65)94)74-35-17-31-70(92-74)54-24-11-4-12-25-54)66(82(86,87)88)50-79(61)93-75-40-36-56(71-32-14-28-67(89-71)51-18-5-1-6-19-51)45-62(75)63-46-57(37-41-76(63)93)72-33-15-29-68(90-72)52-20-7-2-8-21-52/h1-50H. The topological polar surface area (TPSA) is 61.4 Å². The molecule has 6 heterocycles. The van der Waals surface area contributed by atoms with Crippen LogP contribution < -0.4 is 0 Å². The summed E-state index contributed by atoms with van der Waals surface area (Å²) in [6.07, 6.45) is -9.83. The Kier molecular flexibility index (Phi) is 14.0. The van der Waals surface area contributed by atoms with E-state index in [1.165, 1.54) is 18.2 Å². The Balaban J connectivity index is 0.956. The Morgan fingerprint density at radius 2 is 0.511 bits per heavy atom. The van der Waals surface area contributed by atoms with Crippen LogP contribution in [0.3, 0.4) is 0 Å². The van der Waals surface area contributed by atoms with Crippen molar-refractivity contribution in [2.45, 2.75) is 12.4 Å². The normalized spacial score (nSPS) is 11.9. The van der Waals surface area contributed by atoms with Crippen LogP contribution in [-0.4, -0.2) is 29.1 Å². The lowest BCUT2D eigenvalue weighted by atomic mass is 9.97. The maximum absolute atomic E-state index is 17.0. The van der Waals surface area contributed by atoms with Crippen molar-refractivity contribution in [3.05, 3.63) is 314 Å². The Morgan fingerprint density at radius 1 is 0.223 bits per heavy atom. The SMILES string of the molecule is FC(F)(F)c1cccc(-c2cc(-n3c4ccc(-c5cccc(-c6ccccc6)n5)cc4c4cc(-c5cccc(-c6ccccc6)n5)ccc43)c(C(F)(F)F)cc2-n2c3ccc(-c4cccc(-c5ccccc5)n4)cc3c3cc(-c4cccc(-c5ccccc5)n4)ccc32)c1. The Morgan fingerprint density at radius 3 is 0.819 bits per heavy atom. The smallest absolute Gasteiger partial charge is 0.309 e. The maximum Gasteiger partial charge on any atom is 0.418 e. The van der Waals surface area contributed by atoms with Crippen molar-refractivity contribution in [3.63, 3.8) is 0 Å². The van der Waals surface area contributed by atoms with Gasteiger partial charge in [0, 0.05) is 71.6 Å². The zero-order chi connectivity index (χ0) is 63.7. The van der Waals surface area contributed by atoms with Crippen LogP contribution in [0.4, 0.5) is 26.3 Å². The molecule has 10 aromatic carbocycles. The summed E-state index contributed by atoms with van der Waals surface area (Å²) in [6.45, 7) is 0. The zero-order valence-corrected chi connectivity index (χ0v) is 49.8. The summed E-state index contributed by atoms with van der Waals surface area (Å²) in [7, 11) is 0. The van der Waals surface area contributed by atoms with Gasteiger partial charge in [-0.3, -0.25) is 0 Å². The summed E-state index contributed by atoms with van der Waals surface area (Å²) in [5.74, 6) is 0. The number of hydrogen-bond acceptors (Lipinski definition) is 4. The molecule has 0 bridgehead atoms. The quantitative estimate of drug-likeness (QED) is 0.121. The monoisotopic (exact) mass is 1230 g/mol. The minimum Gasteiger partial charge on any atom is -0.309 e. The van der Waals surface area contributed by atoms with Crippen molar-refractivity contribution in [2.75, 3.05) is 0 Å². The van der Waals surface area contributed by atoms with E-state index in [1.807, 2.05) is 255 Å². The molecule has 0 N–H and O–H groups in total. The predicted octanol–water partition coefficient (Wildman–Crippen LogP) is 22.5. The predicted molar refractivity (Wildman–Crippen MR) is 365 cm³/mol. The highest BCUT2D eigenvalue weighted by molar-refractivity contribution is 6.14. The van der Waals surface area contributed by atoms with Gasteiger partial charge >= 0.3 is 12.4 Å². The summed E-state index contributed by atoms with van der Waals surface area (Å²) in [5.41, 5.74) is 11.9. The number of hydrogen-bond donors (Lipinski definition) is 0. The lowest BCUT2D eigenvalue weighted by Crippen LogP contribution is -2.13. The summed E-state index contributed by atoms with van der Waals surface area (Å²) in [4.78, 5) is 20.3. The number of aromatic nitrogens is 6. The molecule has 12 heteroatoms. The number of halogens is 6. The van der Waals surface area contributed by atoms with Crippen LogP contribution in [0.5, 0.6) is 0 Å². The van der Waals surface area contributed by atoms with E-state index < -0.39 is 23.5 Å². The van der Waals surface area contributed by atoms with Crippen LogP contribution >= 0.6 is 0 Å². The van der Waals surface area contributed by atoms with Crippen molar-refractivity contribution < 1.29 is 26.3 Å².